The van der Waals surface area contributed by atoms with E-state index in [9.17, 15) is 14.4 Å². The molecule has 60 heavy (non-hydrogen) atoms. The molecular weight excluding hydrogens is 745 g/mol. The van der Waals surface area contributed by atoms with Gasteiger partial charge in [0.15, 0.2) is 6.10 Å². The van der Waals surface area contributed by atoms with Gasteiger partial charge in [0.2, 0.25) is 0 Å². The van der Waals surface area contributed by atoms with Gasteiger partial charge in [0.05, 0.1) is 0 Å². The van der Waals surface area contributed by atoms with E-state index >= 15 is 0 Å². The Bertz CT molecular complexity index is 1100. The van der Waals surface area contributed by atoms with Crippen LogP contribution in [0.25, 0.3) is 0 Å². The molecule has 0 aliphatic heterocycles. The number of carbonyl (C=O) groups is 3. The zero-order valence-electron chi connectivity index (χ0n) is 39.5. The van der Waals surface area contributed by atoms with Crippen molar-refractivity contribution in [1.82, 2.24) is 0 Å². The average molecular weight is 839 g/mol. The molecule has 1 unspecified atom stereocenters. The minimum absolute atomic E-state index is 0.0840. The Kier molecular flexibility index (Phi) is 46.4. The molecule has 0 fully saturated rings. The zero-order valence-corrected chi connectivity index (χ0v) is 39.5. The number of esters is 3. The summed E-state index contributed by atoms with van der Waals surface area (Å²) >= 11 is 0. The number of hydrogen-bond donors (Lipinski definition) is 0. The van der Waals surface area contributed by atoms with Gasteiger partial charge in [-0.1, -0.05) is 216 Å². The maximum Gasteiger partial charge on any atom is 0.306 e. The number of hydrogen-bond acceptors (Lipinski definition) is 6. The third-order valence-electron chi connectivity index (χ3n) is 10.8. The van der Waals surface area contributed by atoms with E-state index in [0.717, 1.165) is 89.9 Å². The molecule has 6 heteroatoms. The topological polar surface area (TPSA) is 78.9 Å². The standard InChI is InChI=1S/C54H94O6/c1-4-7-10-13-16-19-22-24-25-26-27-28-29-30-33-35-38-41-44-47-53(56)59-50-51(49-58-52(55)46-43-40-37-34-31-21-18-15-12-9-6-3)60-54(57)48-45-42-39-36-32-23-20-17-14-11-8-5-2/h7,10,15-16,18-19,21,24-25,31,51H,4-6,8-9,11-14,17,20,22-23,26-30,32-50H2,1-3H3/b10-7-,18-15-,19-16-,25-24-,31-21-. The van der Waals surface area contributed by atoms with Crippen molar-refractivity contribution in [2.75, 3.05) is 13.2 Å². The first-order valence-electron chi connectivity index (χ1n) is 25.3. The van der Waals surface area contributed by atoms with Crippen LogP contribution < -0.4 is 0 Å². The molecular formula is C54H94O6. The van der Waals surface area contributed by atoms with Gasteiger partial charge < -0.3 is 14.2 Å². The molecule has 0 aliphatic carbocycles. The maximum absolute atomic E-state index is 12.8. The predicted molar refractivity (Wildman–Crippen MR) is 256 cm³/mol. The molecule has 0 heterocycles. The van der Waals surface area contributed by atoms with Crippen LogP contribution >= 0.6 is 0 Å². The van der Waals surface area contributed by atoms with Gasteiger partial charge in [0, 0.05) is 19.3 Å². The summed E-state index contributed by atoms with van der Waals surface area (Å²) in [6.45, 7) is 6.45. The molecule has 0 rings (SSSR count). The lowest BCUT2D eigenvalue weighted by Crippen LogP contribution is -2.30. The highest BCUT2D eigenvalue weighted by Crippen LogP contribution is 2.15. The van der Waals surface area contributed by atoms with Crippen molar-refractivity contribution in [3.63, 3.8) is 0 Å². The van der Waals surface area contributed by atoms with Gasteiger partial charge in [-0.15, -0.1) is 0 Å². The molecule has 0 bridgehead atoms. The van der Waals surface area contributed by atoms with Crippen LogP contribution in [0.2, 0.25) is 0 Å². The summed E-state index contributed by atoms with van der Waals surface area (Å²) in [6, 6.07) is 0. The van der Waals surface area contributed by atoms with Crippen LogP contribution in [0, 0.1) is 0 Å². The van der Waals surface area contributed by atoms with Crippen molar-refractivity contribution >= 4 is 17.9 Å². The summed E-state index contributed by atoms with van der Waals surface area (Å²) in [6.07, 6.45) is 59.2. The van der Waals surface area contributed by atoms with Crippen LogP contribution in [0.15, 0.2) is 60.8 Å². The Morgan fingerprint density at radius 2 is 0.717 bits per heavy atom. The van der Waals surface area contributed by atoms with Crippen LogP contribution in [-0.4, -0.2) is 37.2 Å². The van der Waals surface area contributed by atoms with Crippen LogP contribution in [0.4, 0.5) is 0 Å². The largest absolute Gasteiger partial charge is 0.462 e. The van der Waals surface area contributed by atoms with Gasteiger partial charge in [-0.25, -0.2) is 0 Å². The Balaban J connectivity index is 4.34. The number of carbonyl (C=O) groups excluding carboxylic acids is 3. The smallest absolute Gasteiger partial charge is 0.306 e. The monoisotopic (exact) mass is 839 g/mol. The van der Waals surface area contributed by atoms with Crippen molar-refractivity contribution in [3.05, 3.63) is 60.8 Å². The van der Waals surface area contributed by atoms with Gasteiger partial charge in [0.25, 0.3) is 0 Å². The lowest BCUT2D eigenvalue weighted by Gasteiger charge is -2.18. The highest BCUT2D eigenvalue weighted by atomic mass is 16.6. The molecule has 0 amide bonds. The first-order valence-corrected chi connectivity index (χ1v) is 25.3. The zero-order chi connectivity index (χ0) is 43.7. The molecule has 0 aromatic rings. The molecule has 0 radical (unpaired) electrons. The van der Waals surface area contributed by atoms with Crippen LogP contribution in [-0.2, 0) is 28.6 Å². The van der Waals surface area contributed by atoms with Gasteiger partial charge in [-0.05, 0) is 70.6 Å². The van der Waals surface area contributed by atoms with Gasteiger partial charge in [-0.2, -0.15) is 0 Å². The summed E-state index contributed by atoms with van der Waals surface area (Å²) in [7, 11) is 0. The quantitative estimate of drug-likeness (QED) is 0.0200. The van der Waals surface area contributed by atoms with E-state index in [1.165, 1.54) is 116 Å². The van der Waals surface area contributed by atoms with Crippen molar-refractivity contribution in [3.8, 4) is 0 Å². The van der Waals surface area contributed by atoms with Crippen molar-refractivity contribution in [2.24, 2.45) is 0 Å². The number of unbranched alkanes of at least 4 members (excludes halogenated alkanes) is 25. The highest BCUT2D eigenvalue weighted by molar-refractivity contribution is 5.71. The molecule has 0 N–H and O–H groups in total. The van der Waals surface area contributed by atoms with E-state index in [4.69, 9.17) is 14.2 Å². The first kappa shape index (κ1) is 57.1. The number of ether oxygens (including phenoxy) is 3. The lowest BCUT2D eigenvalue weighted by molar-refractivity contribution is -0.167. The maximum atomic E-state index is 12.8. The third kappa shape index (κ3) is 46.2. The van der Waals surface area contributed by atoms with E-state index in [2.05, 4.69) is 81.5 Å². The summed E-state index contributed by atoms with van der Waals surface area (Å²) in [5.41, 5.74) is 0. The Morgan fingerprint density at radius 3 is 1.18 bits per heavy atom. The lowest BCUT2D eigenvalue weighted by atomic mass is 10.0. The second kappa shape index (κ2) is 48.8. The molecule has 0 saturated heterocycles. The van der Waals surface area contributed by atoms with Gasteiger partial charge >= 0.3 is 17.9 Å². The van der Waals surface area contributed by atoms with E-state index < -0.39 is 6.10 Å². The Morgan fingerprint density at radius 1 is 0.367 bits per heavy atom. The first-order chi connectivity index (χ1) is 29.5. The second-order valence-electron chi connectivity index (χ2n) is 16.7. The fourth-order valence-electron chi connectivity index (χ4n) is 6.96. The fraction of sp³-hybridized carbons (Fsp3) is 0.759. The second-order valence-corrected chi connectivity index (χ2v) is 16.7. The van der Waals surface area contributed by atoms with Crippen molar-refractivity contribution in [2.45, 2.75) is 252 Å². The molecule has 0 aromatic carbocycles. The summed E-state index contributed by atoms with van der Waals surface area (Å²) < 4.78 is 16.7. The summed E-state index contributed by atoms with van der Waals surface area (Å²) in [5.74, 6) is -0.915. The Labute approximate surface area is 370 Å². The Hall–Kier alpha value is -2.89. The van der Waals surface area contributed by atoms with Gasteiger partial charge in [0.1, 0.15) is 13.2 Å². The molecule has 0 spiro atoms. The molecule has 0 aliphatic rings. The summed E-state index contributed by atoms with van der Waals surface area (Å²) in [5, 5.41) is 0. The molecule has 346 valence electrons. The average Bonchev–Trinajstić information content (AvgIpc) is 3.24. The number of rotatable bonds is 45. The molecule has 6 nitrogen and oxygen atoms in total. The van der Waals surface area contributed by atoms with E-state index in [0.29, 0.717) is 19.3 Å². The van der Waals surface area contributed by atoms with Crippen molar-refractivity contribution < 1.29 is 28.6 Å². The third-order valence-corrected chi connectivity index (χ3v) is 10.8. The van der Waals surface area contributed by atoms with Crippen LogP contribution in [0.3, 0.4) is 0 Å². The van der Waals surface area contributed by atoms with Crippen LogP contribution in [0.1, 0.15) is 245 Å². The van der Waals surface area contributed by atoms with Crippen LogP contribution in [0.5, 0.6) is 0 Å². The summed E-state index contributed by atoms with van der Waals surface area (Å²) in [4.78, 5) is 37.9. The fourth-order valence-corrected chi connectivity index (χ4v) is 6.96. The minimum atomic E-state index is -0.783. The molecule has 0 aromatic heterocycles. The van der Waals surface area contributed by atoms with E-state index in [1.54, 1.807) is 0 Å². The van der Waals surface area contributed by atoms with Gasteiger partial charge in [-0.3, -0.25) is 14.4 Å². The molecule has 0 saturated carbocycles. The predicted octanol–water partition coefficient (Wildman–Crippen LogP) is 16.5. The molecule has 1 atom stereocenters. The van der Waals surface area contributed by atoms with E-state index in [1.807, 2.05) is 0 Å². The normalized spacial score (nSPS) is 12.5. The number of allylic oxidation sites excluding steroid dienone is 10. The SMILES string of the molecule is CC/C=C\C/C=C\C/C=C\CCCCCCCCCCCC(=O)OCC(COC(=O)CCCCC/C=C\C=C/CCCC)OC(=O)CCCCCCCCCCCCCC. The van der Waals surface area contributed by atoms with E-state index in [-0.39, 0.29) is 31.1 Å². The highest BCUT2D eigenvalue weighted by Gasteiger charge is 2.19. The van der Waals surface area contributed by atoms with Crippen molar-refractivity contribution in [1.29, 1.82) is 0 Å². The minimum Gasteiger partial charge on any atom is -0.462 e.